The van der Waals surface area contributed by atoms with E-state index in [-0.39, 0.29) is 35.5 Å². The minimum Gasteiger partial charge on any atom is -0.453 e. The average molecular weight is 767 g/mol. The van der Waals surface area contributed by atoms with Gasteiger partial charge in [0.25, 0.3) is 0 Å². The molecule has 0 saturated heterocycles. The highest BCUT2D eigenvalue weighted by Crippen LogP contribution is 2.42. The average Bonchev–Trinajstić information content (AvgIpc) is 3.06. The number of rotatable bonds is 16. The van der Waals surface area contributed by atoms with E-state index in [4.69, 9.17) is 9.47 Å². The number of nitrogens with zero attached hydrogens (tertiary/aromatic N) is 2. The third-order valence-electron chi connectivity index (χ3n) is 9.71. The Kier molecular flexibility index (Phi) is 18.3. The van der Waals surface area contributed by atoms with Crippen LogP contribution in [-0.4, -0.2) is 86.8 Å². The SMILES string of the molecule is CC1=C(/C=C/C(C)=C/C=C/C(C)=C/C=C/C=C(C)/C=C/C=C(C)/C=C/C2=C(C)C(=O)[C@@H](OC(=O)CN(C)C)CC2(C)C)C(C)(C)C[C@H](OC(=O)CN(C)C)C1=O. The number of allylic oxidation sites excluding steroid dienone is 20. The van der Waals surface area contributed by atoms with Gasteiger partial charge in [0.2, 0.25) is 0 Å². The van der Waals surface area contributed by atoms with Crippen LogP contribution in [0.1, 0.15) is 82.1 Å². The van der Waals surface area contributed by atoms with Gasteiger partial charge in [-0.15, -0.1) is 0 Å². The first-order chi connectivity index (χ1) is 26.0. The van der Waals surface area contributed by atoms with Crippen molar-refractivity contribution in [3.8, 4) is 0 Å². The Morgan fingerprint density at radius 1 is 0.571 bits per heavy atom. The summed E-state index contributed by atoms with van der Waals surface area (Å²) in [4.78, 5) is 54.0. The lowest BCUT2D eigenvalue weighted by atomic mass is 9.71. The van der Waals surface area contributed by atoms with E-state index in [0.717, 1.165) is 33.4 Å². The van der Waals surface area contributed by atoms with Crippen molar-refractivity contribution in [2.45, 2.75) is 94.3 Å². The summed E-state index contributed by atoms with van der Waals surface area (Å²) >= 11 is 0. The second-order valence-electron chi connectivity index (χ2n) is 16.8. The number of Topliss-reactive ketones (excluding diaryl/α,β-unsaturated/α-hetero) is 2. The summed E-state index contributed by atoms with van der Waals surface area (Å²) in [6, 6.07) is 0. The first kappa shape index (κ1) is 47.5. The van der Waals surface area contributed by atoms with Gasteiger partial charge in [0.15, 0.2) is 23.8 Å². The van der Waals surface area contributed by atoms with Crippen molar-refractivity contribution in [3.05, 3.63) is 130 Å². The predicted molar refractivity (Wildman–Crippen MR) is 230 cm³/mol. The molecule has 8 nitrogen and oxygen atoms in total. The zero-order valence-electron chi connectivity index (χ0n) is 36.4. The molecule has 0 unspecified atom stereocenters. The fourth-order valence-corrected chi connectivity index (χ4v) is 6.67. The summed E-state index contributed by atoms with van der Waals surface area (Å²) in [6.07, 6.45) is 27.8. The number of ether oxygens (including phenoxy) is 2. The molecule has 0 aromatic carbocycles. The van der Waals surface area contributed by atoms with Crippen LogP contribution in [0.25, 0.3) is 0 Å². The van der Waals surface area contributed by atoms with Gasteiger partial charge in [0.1, 0.15) is 0 Å². The number of hydrogen-bond donors (Lipinski definition) is 0. The molecular formula is C48H66N2O6. The third-order valence-corrected chi connectivity index (χ3v) is 9.71. The Bertz CT molecular complexity index is 1700. The number of carbonyl (C=O) groups excluding carboxylic acids is 4. The Labute approximate surface area is 337 Å². The van der Waals surface area contributed by atoms with Gasteiger partial charge in [-0.2, -0.15) is 0 Å². The van der Waals surface area contributed by atoms with E-state index in [1.165, 1.54) is 0 Å². The van der Waals surface area contributed by atoms with Gasteiger partial charge in [-0.3, -0.25) is 29.0 Å². The normalized spacial score (nSPS) is 21.8. The minimum absolute atomic E-state index is 0.131. The van der Waals surface area contributed by atoms with Crippen molar-refractivity contribution in [2.24, 2.45) is 10.8 Å². The topological polar surface area (TPSA) is 93.2 Å². The van der Waals surface area contributed by atoms with Crippen LogP contribution >= 0.6 is 0 Å². The quantitative estimate of drug-likeness (QED) is 0.114. The largest absolute Gasteiger partial charge is 0.453 e. The van der Waals surface area contributed by atoms with Crippen LogP contribution in [0.2, 0.25) is 0 Å². The van der Waals surface area contributed by atoms with Gasteiger partial charge >= 0.3 is 11.9 Å². The molecule has 2 aliphatic rings. The standard InChI is InChI=1S/C48H66N2O6/c1-33(21-17-23-35(3)25-27-39-37(5)45(53)41(29-47(39,7)8)55-43(51)31-49(11)12)19-15-16-20-34(2)22-18-24-36(4)26-28-40-38(6)46(54)42(30-48(40,9)10)56-44(52)32-50(13)14/h15-28,41-42H,29-32H2,1-14H3/b16-15+,21-17+,22-18+,27-25+,28-26+,33-19+,34-20+,35-23+,36-24+/t41-,42-/m0/s1. The predicted octanol–water partition coefficient (Wildman–Crippen LogP) is 9.13. The van der Waals surface area contributed by atoms with E-state index in [9.17, 15) is 19.2 Å². The Hall–Kier alpha value is -4.66. The van der Waals surface area contributed by atoms with Crippen LogP contribution in [0.4, 0.5) is 0 Å². The monoisotopic (exact) mass is 766 g/mol. The van der Waals surface area contributed by atoms with E-state index < -0.39 is 24.1 Å². The van der Waals surface area contributed by atoms with Crippen LogP contribution in [0.5, 0.6) is 0 Å². The summed E-state index contributed by atoms with van der Waals surface area (Å²) in [5.41, 5.74) is 6.86. The van der Waals surface area contributed by atoms with E-state index in [2.05, 4.69) is 27.7 Å². The van der Waals surface area contributed by atoms with Gasteiger partial charge < -0.3 is 9.47 Å². The molecule has 0 heterocycles. The smallest absolute Gasteiger partial charge is 0.320 e. The van der Waals surface area contributed by atoms with Crippen LogP contribution in [0.3, 0.4) is 0 Å². The summed E-state index contributed by atoms with van der Waals surface area (Å²) < 4.78 is 11.1. The number of likely N-dealkylation sites (N-methyl/N-ethyl adjacent to an activating group) is 2. The van der Waals surface area contributed by atoms with Crippen molar-refractivity contribution in [3.63, 3.8) is 0 Å². The van der Waals surface area contributed by atoms with Crippen molar-refractivity contribution < 1.29 is 28.7 Å². The molecule has 304 valence electrons. The lowest BCUT2D eigenvalue weighted by Gasteiger charge is -2.36. The van der Waals surface area contributed by atoms with E-state index in [1.54, 1.807) is 38.0 Å². The first-order valence-corrected chi connectivity index (χ1v) is 19.3. The molecule has 0 bridgehead atoms. The lowest BCUT2D eigenvalue weighted by Crippen LogP contribution is -2.40. The molecule has 0 aromatic heterocycles. The van der Waals surface area contributed by atoms with Gasteiger partial charge in [-0.1, -0.05) is 135 Å². The maximum absolute atomic E-state index is 13.0. The first-order valence-electron chi connectivity index (χ1n) is 19.3. The zero-order valence-corrected chi connectivity index (χ0v) is 36.4. The van der Waals surface area contributed by atoms with Crippen molar-refractivity contribution >= 4 is 23.5 Å². The fraction of sp³-hybridized carbons (Fsp3) is 0.458. The summed E-state index contributed by atoms with van der Waals surface area (Å²) in [7, 11) is 7.17. The molecule has 0 aromatic rings. The number of hydrogen-bond acceptors (Lipinski definition) is 8. The zero-order chi connectivity index (χ0) is 42.4. The molecule has 0 aliphatic heterocycles. The summed E-state index contributed by atoms with van der Waals surface area (Å²) in [6.45, 7) is 20.4. The second-order valence-corrected chi connectivity index (χ2v) is 16.8. The van der Waals surface area contributed by atoms with Crippen molar-refractivity contribution in [1.82, 2.24) is 9.80 Å². The lowest BCUT2D eigenvalue weighted by molar-refractivity contribution is -0.156. The van der Waals surface area contributed by atoms with Gasteiger partial charge in [0, 0.05) is 12.8 Å². The molecule has 56 heavy (non-hydrogen) atoms. The van der Waals surface area contributed by atoms with Gasteiger partial charge in [-0.25, -0.2) is 0 Å². The number of carbonyl (C=O) groups is 4. The van der Waals surface area contributed by atoms with Crippen LogP contribution < -0.4 is 0 Å². The van der Waals surface area contributed by atoms with Gasteiger partial charge in [-0.05, 0) is 103 Å². The molecule has 8 heteroatoms. The van der Waals surface area contributed by atoms with Crippen LogP contribution in [0.15, 0.2) is 130 Å². The highest BCUT2D eigenvalue weighted by molar-refractivity contribution is 6.02. The number of ketones is 2. The van der Waals surface area contributed by atoms with Crippen LogP contribution in [0, 0.1) is 10.8 Å². The van der Waals surface area contributed by atoms with E-state index in [1.807, 2.05) is 127 Å². The molecule has 2 aliphatic carbocycles. The molecule has 0 saturated carbocycles. The van der Waals surface area contributed by atoms with Gasteiger partial charge in [0.05, 0.1) is 13.1 Å². The third kappa shape index (κ3) is 15.5. The number of esters is 2. The summed E-state index contributed by atoms with van der Waals surface area (Å²) in [5.74, 6) is -1.04. The Morgan fingerprint density at radius 2 is 0.875 bits per heavy atom. The Morgan fingerprint density at radius 3 is 1.20 bits per heavy atom. The fourth-order valence-electron chi connectivity index (χ4n) is 6.67. The van der Waals surface area contributed by atoms with Crippen molar-refractivity contribution in [2.75, 3.05) is 41.3 Å². The molecule has 2 atom stereocenters. The maximum atomic E-state index is 13.0. The second kappa shape index (κ2) is 21.6. The molecule has 0 N–H and O–H groups in total. The molecule has 0 spiro atoms. The maximum Gasteiger partial charge on any atom is 0.320 e. The van der Waals surface area contributed by atoms with E-state index in [0.29, 0.717) is 24.0 Å². The molecule has 0 fully saturated rings. The molecule has 0 amide bonds. The molecule has 2 rings (SSSR count). The van der Waals surface area contributed by atoms with E-state index >= 15 is 0 Å². The molecular weight excluding hydrogens is 701 g/mol. The van der Waals surface area contributed by atoms with Crippen LogP contribution in [-0.2, 0) is 28.7 Å². The highest BCUT2D eigenvalue weighted by Gasteiger charge is 2.41. The van der Waals surface area contributed by atoms with Crippen molar-refractivity contribution in [1.29, 1.82) is 0 Å². The molecule has 0 radical (unpaired) electrons. The summed E-state index contributed by atoms with van der Waals surface area (Å²) in [5, 5.41) is 0. The highest BCUT2D eigenvalue weighted by atomic mass is 16.6. The minimum atomic E-state index is -0.753. The Balaban J connectivity index is 1.98.